The molecule has 2 N–H and O–H groups in total. The van der Waals surface area contributed by atoms with Crippen LogP contribution in [0.15, 0.2) is 54.6 Å². The summed E-state index contributed by atoms with van der Waals surface area (Å²) in [4.78, 5) is 25.1. The summed E-state index contributed by atoms with van der Waals surface area (Å²) in [6, 6.07) is 13.5. The molecule has 0 bridgehead atoms. The molecule has 3 aromatic rings. The number of ether oxygens (including phenoxy) is 1. The van der Waals surface area contributed by atoms with Gasteiger partial charge in [-0.15, -0.1) is 0 Å². The zero-order valence-electron chi connectivity index (χ0n) is 17.6. The number of amides is 3. The molecule has 0 aromatic heterocycles. The molecule has 3 amide bonds. The van der Waals surface area contributed by atoms with Crippen molar-refractivity contribution in [3.8, 4) is 5.75 Å². The molecule has 3 rings (SSSR count). The highest BCUT2D eigenvalue weighted by Gasteiger charge is 2.18. The van der Waals surface area contributed by atoms with E-state index in [1.807, 2.05) is 6.92 Å². The van der Waals surface area contributed by atoms with E-state index in [9.17, 15) is 14.0 Å². The summed E-state index contributed by atoms with van der Waals surface area (Å²) >= 11 is 10.5. The molecule has 0 atom stereocenters. The van der Waals surface area contributed by atoms with Gasteiger partial charge in [-0.2, -0.15) is 0 Å². The Kier molecular flexibility index (Phi) is 7.27. The van der Waals surface area contributed by atoms with Crippen LogP contribution >= 0.6 is 24.4 Å². The Balaban J connectivity index is 1.75. The molecule has 166 valence electrons. The van der Waals surface area contributed by atoms with Gasteiger partial charge >= 0.3 is 6.03 Å². The predicted molar refractivity (Wildman–Crippen MR) is 129 cm³/mol. The summed E-state index contributed by atoms with van der Waals surface area (Å²) in [5, 5.41) is 5.79. The normalized spacial score (nSPS) is 10.4. The van der Waals surface area contributed by atoms with Crippen molar-refractivity contribution in [1.29, 1.82) is 0 Å². The van der Waals surface area contributed by atoms with E-state index in [0.717, 1.165) is 9.87 Å². The van der Waals surface area contributed by atoms with Crippen LogP contribution in [0.5, 0.6) is 5.75 Å². The lowest BCUT2D eigenvalue weighted by molar-refractivity contribution is 0.102. The summed E-state index contributed by atoms with van der Waals surface area (Å²) in [5.41, 5.74) is 2.76. The average molecular weight is 474 g/mol. The molecule has 9 heteroatoms. The Morgan fingerprint density at radius 3 is 2.34 bits per heavy atom. The Bertz CT molecular complexity index is 1190. The second-order valence-electron chi connectivity index (χ2n) is 6.95. The predicted octanol–water partition coefficient (Wildman–Crippen LogP) is 6.24. The van der Waals surface area contributed by atoms with E-state index in [4.69, 9.17) is 16.3 Å². The van der Waals surface area contributed by atoms with Gasteiger partial charge in [-0.1, -0.05) is 42.6 Å². The van der Waals surface area contributed by atoms with E-state index in [1.54, 1.807) is 43.3 Å². The Morgan fingerprint density at radius 1 is 1.00 bits per heavy atom. The van der Waals surface area contributed by atoms with Crippen molar-refractivity contribution >= 4 is 53.4 Å². The van der Waals surface area contributed by atoms with Gasteiger partial charge in [0.15, 0.2) is 5.75 Å². The molecule has 0 saturated carbocycles. The molecule has 0 radical (unpaired) electrons. The first-order valence-corrected chi connectivity index (χ1v) is 10.3. The van der Waals surface area contributed by atoms with Crippen LogP contribution in [-0.2, 0) is 0 Å². The number of hydrogen-bond donors (Lipinski definition) is 3. The smallest absolute Gasteiger partial charge is 0.336 e. The van der Waals surface area contributed by atoms with E-state index in [-0.39, 0.29) is 5.56 Å². The highest BCUT2D eigenvalue weighted by atomic mass is 35.5. The van der Waals surface area contributed by atoms with Crippen molar-refractivity contribution in [2.45, 2.75) is 13.8 Å². The number of nitrogens with one attached hydrogen (secondary N) is 2. The lowest BCUT2D eigenvalue weighted by atomic mass is 10.1. The molecule has 0 heterocycles. The van der Waals surface area contributed by atoms with Crippen LogP contribution in [0.3, 0.4) is 0 Å². The van der Waals surface area contributed by atoms with E-state index in [1.165, 1.54) is 25.3 Å². The molecule has 32 heavy (non-hydrogen) atoms. The van der Waals surface area contributed by atoms with Crippen molar-refractivity contribution in [2.24, 2.45) is 0 Å². The van der Waals surface area contributed by atoms with Crippen LogP contribution < -0.4 is 19.7 Å². The lowest BCUT2D eigenvalue weighted by Crippen LogP contribution is -2.27. The number of aryl methyl sites for hydroxylation is 2. The van der Waals surface area contributed by atoms with Crippen LogP contribution in [0, 0.1) is 19.7 Å². The van der Waals surface area contributed by atoms with Gasteiger partial charge in [-0.25, -0.2) is 13.5 Å². The number of methoxy groups -OCH3 is 1. The van der Waals surface area contributed by atoms with E-state index in [2.05, 4.69) is 23.4 Å². The zero-order chi connectivity index (χ0) is 23.4. The minimum absolute atomic E-state index is 0.0584. The number of benzene rings is 3. The monoisotopic (exact) mass is 473 g/mol. The second kappa shape index (κ2) is 9.93. The Morgan fingerprint density at radius 2 is 1.69 bits per heavy atom. The summed E-state index contributed by atoms with van der Waals surface area (Å²) in [6.07, 6.45) is 0. The molecule has 3 aromatic carbocycles. The van der Waals surface area contributed by atoms with Crippen molar-refractivity contribution in [2.75, 3.05) is 22.0 Å². The summed E-state index contributed by atoms with van der Waals surface area (Å²) < 4.78 is 20.3. The van der Waals surface area contributed by atoms with Crippen LogP contribution in [0.4, 0.5) is 26.2 Å². The van der Waals surface area contributed by atoms with Gasteiger partial charge in [0.25, 0.3) is 5.91 Å². The fraction of sp³-hybridized carbons (Fsp3) is 0.130. The van der Waals surface area contributed by atoms with E-state index >= 15 is 0 Å². The third-order valence-corrected chi connectivity index (χ3v) is 5.63. The maximum Gasteiger partial charge on any atom is 0.336 e. The van der Waals surface area contributed by atoms with E-state index in [0.29, 0.717) is 33.4 Å². The minimum atomic E-state index is -0.607. The fourth-order valence-electron chi connectivity index (χ4n) is 2.99. The number of anilines is 3. The van der Waals surface area contributed by atoms with Crippen LogP contribution in [-0.4, -0.2) is 19.0 Å². The van der Waals surface area contributed by atoms with Gasteiger partial charge in [0, 0.05) is 5.69 Å². The lowest BCUT2D eigenvalue weighted by Gasteiger charge is -2.20. The third-order valence-electron chi connectivity index (χ3n) is 4.75. The first kappa shape index (κ1) is 23.4. The number of rotatable bonds is 5. The SMILES string of the molecule is COc1c(NC(=O)N(S)c2ccc(NC(=O)c3ccccc3F)c(C)c2)ccc(C)c1Cl. The summed E-state index contributed by atoms with van der Waals surface area (Å²) in [7, 11) is 1.46. The number of halogens is 2. The molecule has 0 aliphatic carbocycles. The second-order valence-corrected chi connectivity index (χ2v) is 7.73. The van der Waals surface area contributed by atoms with Crippen molar-refractivity contribution in [3.63, 3.8) is 0 Å². The Labute approximate surface area is 195 Å². The molecule has 6 nitrogen and oxygen atoms in total. The summed E-state index contributed by atoms with van der Waals surface area (Å²) in [5.74, 6) is -0.823. The van der Waals surface area contributed by atoms with E-state index < -0.39 is 17.8 Å². The molecule has 0 fully saturated rings. The number of nitrogens with zero attached hydrogens (tertiary/aromatic N) is 1. The number of carbonyl (C=O) groups excluding carboxylic acids is 2. The number of urea groups is 1. The fourth-order valence-corrected chi connectivity index (χ4v) is 3.41. The molecular formula is C23H21ClFN3O3S. The maximum absolute atomic E-state index is 13.8. The van der Waals surface area contributed by atoms with Gasteiger partial charge < -0.3 is 15.4 Å². The van der Waals surface area contributed by atoms with Crippen LogP contribution in [0.2, 0.25) is 5.02 Å². The molecule has 0 spiro atoms. The van der Waals surface area contributed by atoms with Gasteiger partial charge in [0.2, 0.25) is 0 Å². The first-order chi connectivity index (χ1) is 15.2. The average Bonchev–Trinajstić information content (AvgIpc) is 2.77. The summed E-state index contributed by atoms with van der Waals surface area (Å²) in [6.45, 7) is 3.58. The third kappa shape index (κ3) is 4.98. The minimum Gasteiger partial charge on any atom is -0.493 e. The largest absolute Gasteiger partial charge is 0.493 e. The first-order valence-electron chi connectivity index (χ1n) is 9.52. The number of thiol groups is 1. The van der Waals surface area contributed by atoms with Crippen LogP contribution in [0.1, 0.15) is 21.5 Å². The molecule has 0 saturated heterocycles. The topological polar surface area (TPSA) is 70.7 Å². The highest BCUT2D eigenvalue weighted by Crippen LogP contribution is 2.36. The van der Waals surface area contributed by atoms with Gasteiger partial charge in [-0.05, 0) is 61.4 Å². The van der Waals surface area contributed by atoms with Crippen molar-refractivity contribution in [1.82, 2.24) is 0 Å². The van der Waals surface area contributed by atoms with Crippen molar-refractivity contribution < 1.29 is 18.7 Å². The van der Waals surface area contributed by atoms with Crippen LogP contribution in [0.25, 0.3) is 0 Å². The van der Waals surface area contributed by atoms with Gasteiger partial charge in [-0.3, -0.25) is 4.79 Å². The maximum atomic E-state index is 13.8. The van der Waals surface area contributed by atoms with Gasteiger partial charge in [0.1, 0.15) is 5.82 Å². The number of hydrogen-bond acceptors (Lipinski definition) is 4. The van der Waals surface area contributed by atoms with Crippen molar-refractivity contribution in [3.05, 3.63) is 82.1 Å². The zero-order valence-corrected chi connectivity index (χ0v) is 19.2. The molecular weight excluding hydrogens is 453 g/mol. The number of carbonyl (C=O) groups is 2. The molecule has 0 unspecified atom stereocenters. The molecule has 0 aliphatic rings. The van der Waals surface area contributed by atoms with Gasteiger partial charge in [0.05, 0.1) is 29.1 Å². The quantitative estimate of drug-likeness (QED) is 0.384. The highest BCUT2D eigenvalue weighted by molar-refractivity contribution is 7.82. The Hall–Kier alpha value is -3.23. The molecule has 0 aliphatic heterocycles. The standard InChI is InChI=1S/C23H21ClFN3O3S/c1-13-8-10-19(21(31-3)20(13)24)27-23(30)28(32)15-9-11-18(14(2)12-15)26-22(29)16-6-4-5-7-17(16)25/h4-12,32H,1-3H3,(H,26,29)(H,27,30).